The molecule has 1 saturated carbocycles. The third-order valence-electron chi connectivity index (χ3n) is 6.05. The normalized spacial score (nSPS) is 18.6. The standard InChI is InChI=1S/C22H29N7O/c1-15-7-8-19-20(24-15)21(25-16-5-3-2-4-6-16)28-22(27-19)26-17-13-23-29(14-17)18-9-11-30-12-10-18/h7-8,13-14,16,18H,2-6,9-12H2,1H3,(H2,25,26,27,28). The molecule has 8 nitrogen and oxygen atoms in total. The van der Waals surface area contributed by atoms with Crippen LogP contribution in [0.2, 0.25) is 0 Å². The molecule has 4 heterocycles. The second kappa shape index (κ2) is 8.55. The lowest BCUT2D eigenvalue weighted by molar-refractivity contribution is 0.0662. The third-order valence-corrected chi connectivity index (χ3v) is 6.05. The number of fused-ring (bicyclic) bond motifs is 1. The van der Waals surface area contributed by atoms with Crippen molar-refractivity contribution < 1.29 is 4.74 Å². The number of anilines is 3. The quantitative estimate of drug-likeness (QED) is 0.649. The number of rotatable bonds is 5. The fraction of sp³-hybridized carbons (Fsp3) is 0.545. The Kier molecular flexibility index (Phi) is 5.48. The Balaban J connectivity index is 1.41. The van der Waals surface area contributed by atoms with E-state index in [1.807, 2.05) is 36.1 Å². The van der Waals surface area contributed by atoms with Gasteiger partial charge in [0, 0.05) is 31.1 Å². The van der Waals surface area contributed by atoms with E-state index in [1.165, 1.54) is 32.1 Å². The van der Waals surface area contributed by atoms with Crippen molar-refractivity contribution in [3.05, 3.63) is 30.2 Å². The molecule has 5 rings (SSSR count). The third kappa shape index (κ3) is 4.23. The average Bonchev–Trinajstić information content (AvgIpc) is 3.24. The highest BCUT2D eigenvalue weighted by Crippen LogP contribution is 2.27. The lowest BCUT2D eigenvalue weighted by Crippen LogP contribution is -2.23. The van der Waals surface area contributed by atoms with Gasteiger partial charge in [0.1, 0.15) is 5.52 Å². The van der Waals surface area contributed by atoms with Gasteiger partial charge < -0.3 is 15.4 Å². The molecule has 30 heavy (non-hydrogen) atoms. The zero-order valence-electron chi connectivity index (χ0n) is 17.5. The first-order chi connectivity index (χ1) is 14.7. The number of pyridine rings is 1. The van der Waals surface area contributed by atoms with E-state index < -0.39 is 0 Å². The Hall–Kier alpha value is -2.74. The predicted molar refractivity (Wildman–Crippen MR) is 117 cm³/mol. The largest absolute Gasteiger partial charge is 0.381 e. The molecule has 0 spiro atoms. The van der Waals surface area contributed by atoms with Crippen molar-refractivity contribution in [3.8, 4) is 0 Å². The van der Waals surface area contributed by atoms with Crippen molar-refractivity contribution in [2.75, 3.05) is 23.8 Å². The fourth-order valence-electron chi connectivity index (χ4n) is 4.39. The summed E-state index contributed by atoms with van der Waals surface area (Å²) in [7, 11) is 0. The zero-order chi connectivity index (χ0) is 20.3. The molecular weight excluding hydrogens is 378 g/mol. The van der Waals surface area contributed by atoms with Crippen LogP contribution in [-0.2, 0) is 4.74 Å². The molecule has 0 aromatic carbocycles. The summed E-state index contributed by atoms with van der Waals surface area (Å²) >= 11 is 0. The van der Waals surface area contributed by atoms with Gasteiger partial charge in [-0.1, -0.05) is 19.3 Å². The monoisotopic (exact) mass is 407 g/mol. The van der Waals surface area contributed by atoms with Crippen molar-refractivity contribution in [3.63, 3.8) is 0 Å². The van der Waals surface area contributed by atoms with Crippen LogP contribution in [0.1, 0.15) is 56.7 Å². The molecule has 0 bridgehead atoms. The van der Waals surface area contributed by atoms with Gasteiger partial charge >= 0.3 is 0 Å². The average molecular weight is 408 g/mol. The molecule has 1 aliphatic carbocycles. The van der Waals surface area contributed by atoms with E-state index in [0.29, 0.717) is 18.0 Å². The summed E-state index contributed by atoms with van der Waals surface area (Å²) in [6, 6.07) is 4.85. The van der Waals surface area contributed by atoms with E-state index in [4.69, 9.17) is 19.7 Å². The Bertz CT molecular complexity index is 1010. The molecule has 0 atom stereocenters. The number of ether oxygens (including phenoxy) is 1. The smallest absolute Gasteiger partial charge is 0.229 e. The summed E-state index contributed by atoms with van der Waals surface area (Å²) in [5, 5.41) is 11.5. The molecule has 2 N–H and O–H groups in total. The lowest BCUT2D eigenvalue weighted by atomic mass is 9.95. The molecule has 0 radical (unpaired) electrons. The SMILES string of the molecule is Cc1ccc2nc(Nc3cnn(C4CCOCC4)c3)nc(NC3CCCCC3)c2n1. The molecule has 3 aromatic rings. The summed E-state index contributed by atoms with van der Waals surface area (Å²) in [5.41, 5.74) is 3.54. The van der Waals surface area contributed by atoms with Crippen LogP contribution in [0.25, 0.3) is 11.0 Å². The summed E-state index contributed by atoms with van der Waals surface area (Å²) in [6.07, 6.45) is 12.1. The Morgan fingerprint density at radius 3 is 2.67 bits per heavy atom. The van der Waals surface area contributed by atoms with Crippen LogP contribution in [-0.4, -0.2) is 44.0 Å². The van der Waals surface area contributed by atoms with Crippen LogP contribution in [0.3, 0.4) is 0 Å². The van der Waals surface area contributed by atoms with Crippen molar-refractivity contribution >= 4 is 28.5 Å². The Morgan fingerprint density at radius 2 is 1.83 bits per heavy atom. The van der Waals surface area contributed by atoms with Crippen LogP contribution >= 0.6 is 0 Å². The molecule has 2 aliphatic rings. The fourth-order valence-corrected chi connectivity index (χ4v) is 4.39. The topological polar surface area (TPSA) is 89.8 Å². The van der Waals surface area contributed by atoms with E-state index >= 15 is 0 Å². The number of hydrogen-bond acceptors (Lipinski definition) is 7. The molecule has 3 aromatic heterocycles. The van der Waals surface area contributed by atoms with Gasteiger partial charge in [-0.05, 0) is 44.7 Å². The minimum Gasteiger partial charge on any atom is -0.381 e. The summed E-state index contributed by atoms with van der Waals surface area (Å²) < 4.78 is 7.48. The van der Waals surface area contributed by atoms with Gasteiger partial charge in [0.2, 0.25) is 5.95 Å². The Morgan fingerprint density at radius 1 is 1.00 bits per heavy atom. The minimum absolute atomic E-state index is 0.391. The number of aryl methyl sites for hydroxylation is 1. The molecule has 1 saturated heterocycles. The van der Waals surface area contributed by atoms with Gasteiger partial charge in [-0.15, -0.1) is 0 Å². The molecule has 0 amide bonds. The van der Waals surface area contributed by atoms with E-state index in [1.54, 1.807) is 0 Å². The summed E-state index contributed by atoms with van der Waals surface area (Å²) in [5.74, 6) is 1.38. The van der Waals surface area contributed by atoms with Gasteiger partial charge in [-0.25, -0.2) is 9.97 Å². The summed E-state index contributed by atoms with van der Waals surface area (Å²) in [6.45, 7) is 3.59. The van der Waals surface area contributed by atoms with Gasteiger partial charge in [-0.2, -0.15) is 10.1 Å². The van der Waals surface area contributed by atoms with Crippen molar-refractivity contribution in [1.82, 2.24) is 24.7 Å². The van der Waals surface area contributed by atoms with Crippen molar-refractivity contribution in [1.29, 1.82) is 0 Å². The highest BCUT2D eigenvalue weighted by molar-refractivity contribution is 5.86. The number of nitrogens with zero attached hydrogens (tertiary/aromatic N) is 5. The first kappa shape index (κ1) is 19.2. The zero-order valence-corrected chi connectivity index (χ0v) is 17.5. The maximum Gasteiger partial charge on any atom is 0.229 e. The first-order valence-electron chi connectivity index (χ1n) is 11.1. The second-order valence-electron chi connectivity index (χ2n) is 8.37. The molecule has 158 valence electrons. The van der Waals surface area contributed by atoms with E-state index in [-0.39, 0.29) is 0 Å². The maximum atomic E-state index is 5.46. The van der Waals surface area contributed by atoms with Crippen molar-refractivity contribution in [2.45, 2.75) is 64.0 Å². The van der Waals surface area contributed by atoms with Crippen LogP contribution in [0.4, 0.5) is 17.5 Å². The highest BCUT2D eigenvalue weighted by atomic mass is 16.5. The van der Waals surface area contributed by atoms with Gasteiger partial charge in [0.25, 0.3) is 0 Å². The lowest BCUT2D eigenvalue weighted by Gasteiger charge is -2.24. The van der Waals surface area contributed by atoms with E-state index in [9.17, 15) is 0 Å². The number of hydrogen-bond donors (Lipinski definition) is 2. The van der Waals surface area contributed by atoms with Crippen molar-refractivity contribution in [2.24, 2.45) is 0 Å². The minimum atomic E-state index is 0.391. The highest BCUT2D eigenvalue weighted by Gasteiger charge is 2.19. The van der Waals surface area contributed by atoms with Gasteiger partial charge in [0.05, 0.1) is 23.4 Å². The van der Waals surface area contributed by atoms with Crippen LogP contribution < -0.4 is 10.6 Å². The maximum absolute atomic E-state index is 5.46. The van der Waals surface area contributed by atoms with E-state index in [2.05, 4.69) is 15.7 Å². The van der Waals surface area contributed by atoms with E-state index in [0.717, 1.165) is 54.3 Å². The summed E-state index contributed by atoms with van der Waals surface area (Å²) in [4.78, 5) is 14.2. The van der Waals surface area contributed by atoms with Crippen LogP contribution in [0.15, 0.2) is 24.5 Å². The molecule has 0 unspecified atom stereocenters. The number of aromatic nitrogens is 5. The molecule has 2 fully saturated rings. The predicted octanol–water partition coefficient (Wildman–Crippen LogP) is 4.37. The molecule has 8 heteroatoms. The van der Waals surface area contributed by atoms with Gasteiger partial charge in [-0.3, -0.25) is 4.68 Å². The first-order valence-corrected chi connectivity index (χ1v) is 11.1. The number of nitrogens with one attached hydrogen (secondary N) is 2. The second-order valence-corrected chi connectivity index (χ2v) is 8.37. The molecule has 1 aliphatic heterocycles. The van der Waals surface area contributed by atoms with Crippen LogP contribution in [0.5, 0.6) is 0 Å². The van der Waals surface area contributed by atoms with Gasteiger partial charge in [0.15, 0.2) is 5.82 Å². The Labute approximate surface area is 176 Å². The molecular formula is C22H29N7O. The van der Waals surface area contributed by atoms with Crippen LogP contribution in [0, 0.1) is 6.92 Å².